The van der Waals surface area contributed by atoms with Crippen molar-refractivity contribution in [1.29, 1.82) is 0 Å². The molecule has 0 saturated carbocycles. The molecule has 0 aliphatic carbocycles. The van der Waals surface area contributed by atoms with Crippen LogP contribution in [0.4, 0.5) is 0 Å². The van der Waals surface area contributed by atoms with Gasteiger partial charge in [0.1, 0.15) is 12.6 Å². The van der Waals surface area contributed by atoms with Crippen molar-refractivity contribution in [1.82, 2.24) is 4.90 Å². The third kappa shape index (κ3) is 4.28. The summed E-state index contributed by atoms with van der Waals surface area (Å²) in [5, 5.41) is 2.11. The zero-order chi connectivity index (χ0) is 11.9. The zero-order valence-corrected chi connectivity index (χ0v) is 10.7. The summed E-state index contributed by atoms with van der Waals surface area (Å²) in [6.07, 6.45) is 7.64. The molecule has 2 fully saturated rings. The van der Waals surface area contributed by atoms with E-state index in [1.165, 1.54) is 32.1 Å². The number of carbonyl (C=O) groups excluding carboxylic acids is 1. The van der Waals surface area contributed by atoms with Crippen LogP contribution in [0.2, 0.25) is 0 Å². The number of rotatable bonds is 4. The van der Waals surface area contributed by atoms with Gasteiger partial charge >= 0.3 is 0 Å². The average molecular weight is 241 g/mol. The number of hydrogen-bond acceptors (Lipinski definition) is 2. The number of hydrogen-bond donors (Lipinski definition) is 1. The average Bonchev–Trinajstić information content (AvgIpc) is 2.69. The van der Waals surface area contributed by atoms with Crippen molar-refractivity contribution in [2.75, 3.05) is 32.8 Å². The zero-order valence-electron chi connectivity index (χ0n) is 10.7. The quantitative estimate of drug-likeness (QED) is 0.760. The standard InChI is InChI=1S/C13H24N2O2/c16-13(15-7-3-1-2-4-8-15)11-14-10-12-6-5-9-17-12/h12,14H,1-11H2/p+1/t12-/m0/s1. The van der Waals surface area contributed by atoms with E-state index >= 15 is 0 Å². The summed E-state index contributed by atoms with van der Waals surface area (Å²) >= 11 is 0. The molecule has 2 rings (SSSR count). The Balaban J connectivity index is 1.61. The predicted molar refractivity (Wildman–Crippen MR) is 65.7 cm³/mol. The molecule has 0 aromatic rings. The second-order valence-corrected chi connectivity index (χ2v) is 5.16. The highest BCUT2D eigenvalue weighted by atomic mass is 16.5. The fourth-order valence-electron chi connectivity index (χ4n) is 2.67. The minimum Gasteiger partial charge on any atom is -0.372 e. The number of quaternary nitrogens is 1. The fraction of sp³-hybridized carbons (Fsp3) is 0.923. The summed E-state index contributed by atoms with van der Waals surface area (Å²) in [5.74, 6) is 0.310. The van der Waals surface area contributed by atoms with Crippen LogP contribution in [0, 0.1) is 0 Å². The summed E-state index contributed by atoms with van der Waals surface area (Å²) in [4.78, 5) is 14.0. The van der Waals surface area contributed by atoms with Crippen molar-refractivity contribution in [3.05, 3.63) is 0 Å². The highest BCUT2D eigenvalue weighted by Crippen LogP contribution is 2.10. The number of nitrogens with two attached hydrogens (primary N) is 1. The SMILES string of the molecule is O=C(C[NH2+]C[C@@H]1CCCO1)N1CCCCCC1. The molecule has 1 amide bonds. The minimum atomic E-state index is 0.310. The molecule has 17 heavy (non-hydrogen) atoms. The van der Waals surface area contributed by atoms with Gasteiger partial charge in [-0.2, -0.15) is 0 Å². The largest absolute Gasteiger partial charge is 0.372 e. The number of amides is 1. The normalized spacial score (nSPS) is 25.9. The van der Waals surface area contributed by atoms with Gasteiger partial charge in [-0.25, -0.2) is 0 Å². The van der Waals surface area contributed by atoms with Crippen LogP contribution in [0.1, 0.15) is 38.5 Å². The predicted octanol–water partition coefficient (Wildman–Crippen LogP) is 0.131. The molecule has 0 unspecified atom stereocenters. The van der Waals surface area contributed by atoms with Gasteiger partial charge in [-0.15, -0.1) is 0 Å². The van der Waals surface area contributed by atoms with Crippen molar-refractivity contribution >= 4 is 5.91 Å². The lowest BCUT2D eigenvalue weighted by atomic mass is 10.2. The van der Waals surface area contributed by atoms with E-state index in [4.69, 9.17) is 4.74 Å². The van der Waals surface area contributed by atoms with Gasteiger partial charge in [0.2, 0.25) is 0 Å². The molecule has 0 radical (unpaired) electrons. The van der Waals surface area contributed by atoms with Crippen molar-refractivity contribution in [3.8, 4) is 0 Å². The number of nitrogens with zero attached hydrogens (tertiary/aromatic N) is 1. The molecular formula is C13H25N2O2+. The van der Waals surface area contributed by atoms with E-state index in [1.54, 1.807) is 0 Å². The number of ether oxygens (including phenoxy) is 1. The maximum absolute atomic E-state index is 12.0. The Labute approximate surface area is 104 Å². The molecule has 2 aliphatic heterocycles. The van der Waals surface area contributed by atoms with E-state index in [1.807, 2.05) is 4.90 Å². The summed E-state index contributed by atoms with van der Waals surface area (Å²) in [6.45, 7) is 4.37. The fourth-order valence-corrected chi connectivity index (χ4v) is 2.67. The molecule has 0 spiro atoms. The van der Waals surface area contributed by atoms with E-state index in [-0.39, 0.29) is 0 Å². The molecule has 2 aliphatic rings. The highest BCUT2D eigenvalue weighted by Gasteiger charge is 2.20. The van der Waals surface area contributed by atoms with Crippen LogP contribution in [0.5, 0.6) is 0 Å². The van der Waals surface area contributed by atoms with Gasteiger partial charge < -0.3 is 15.0 Å². The molecule has 0 bridgehead atoms. The lowest BCUT2D eigenvalue weighted by Crippen LogP contribution is -2.88. The van der Waals surface area contributed by atoms with Gasteiger partial charge in [0, 0.05) is 19.7 Å². The Morgan fingerprint density at radius 1 is 1.18 bits per heavy atom. The van der Waals surface area contributed by atoms with Gasteiger partial charge in [-0.05, 0) is 25.7 Å². The highest BCUT2D eigenvalue weighted by molar-refractivity contribution is 5.76. The Morgan fingerprint density at radius 3 is 2.59 bits per heavy atom. The molecule has 2 N–H and O–H groups in total. The summed E-state index contributed by atoms with van der Waals surface area (Å²) in [6, 6.07) is 0. The first-order chi connectivity index (χ1) is 8.36. The second kappa shape index (κ2) is 6.97. The second-order valence-electron chi connectivity index (χ2n) is 5.16. The van der Waals surface area contributed by atoms with Gasteiger partial charge in [0.15, 0.2) is 6.54 Å². The van der Waals surface area contributed by atoms with Crippen molar-refractivity contribution in [2.24, 2.45) is 0 Å². The molecule has 4 heteroatoms. The Kier molecular flexibility index (Phi) is 5.26. The van der Waals surface area contributed by atoms with Crippen LogP contribution < -0.4 is 5.32 Å². The molecular weight excluding hydrogens is 216 g/mol. The maximum Gasteiger partial charge on any atom is 0.277 e. The van der Waals surface area contributed by atoms with Crippen LogP contribution in [-0.2, 0) is 9.53 Å². The third-order valence-corrected chi connectivity index (χ3v) is 3.73. The monoisotopic (exact) mass is 241 g/mol. The topological polar surface area (TPSA) is 46.1 Å². The smallest absolute Gasteiger partial charge is 0.277 e. The lowest BCUT2D eigenvalue weighted by Gasteiger charge is -2.19. The van der Waals surface area contributed by atoms with Crippen molar-refractivity contribution in [3.63, 3.8) is 0 Å². The molecule has 1 atom stereocenters. The Hall–Kier alpha value is -0.610. The first-order valence-electron chi connectivity index (χ1n) is 7.07. The van der Waals surface area contributed by atoms with Gasteiger partial charge in [-0.3, -0.25) is 4.79 Å². The summed E-state index contributed by atoms with van der Waals surface area (Å²) < 4.78 is 5.54. The molecule has 0 aromatic heterocycles. The van der Waals surface area contributed by atoms with E-state index in [0.717, 1.165) is 32.7 Å². The maximum atomic E-state index is 12.0. The number of likely N-dealkylation sites (tertiary alicyclic amines) is 1. The summed E-state index contributed by atoms with van der Waals surface area (Å²) in [5.41, 5.74) is 0. The Morgan fingerprint density at radius 2 is 1.94 bits per heavy atom. The van der Waals surface area contributed by atoms with E-state index in [9.17, 15) is 4.79 Å². The van der Waals surface area contributed by atoms with Gasteiger partial charge in [0.25, 0.3) is 5.91 Å². The van der Waals surface area contributed by atoms with E-state index < -0.39 is 0 Å². The van der Waals surface area contributed by atoms with Crippen LogP contribution in [0.15, 0.2) is 0 Å². The van der Waals surface area contributed by atoms with Crippen molar-refractivity contribution in [2.45, 2.75) is 44.6 Å². The molecule has 0 aromatic carbocycles. The number of carbonyl (C=O) groups is 1. The first kappa shape index (κ1) is 12.8. The third-order valence-electron chi connectivity index (χ3n) is 3.73. The first-order valence-corrected chi connectivity index (χ1v) is 7.07. The molecule has 4 nitrogen and oxygen atoms in total. The van der Waals surface area contributed by atoms with Gasteiger partial charge in [0.05, 0.1) is 0 Å². The molecule has 98 valence electrons. The van der Waals surface area contributed by atoms with Crippen LogP contribution in [0.25, 0.3) is 0 Å². The summed E-state index contributed by atoms with van der Waals surface area (Å²) in [7, 11) is 0. The van der Waals surface area contributed by atoms with Crippen LogP contribution in [-0.4, -0.2) is 49.7 Å². The Bertz CT molecular complexity index is 232. The van der Waals surface area contributed by atoms with E-state index in [2.05, 4.69) is 5.32 Å². The minimum absolute atomic E-state index is 0.310. The van der Waals surface area contributed by atoms with Gasteiger partial charge in [-0.1, -0.05) is 12.8 Å². The van der Waals surface area contributed by atoms with Crippen molar-refractivity contribution < 1.29 is 14.8 Å². The molecule has 2 heterocycles. The van der Waals surface area contributed by atoms with E-state index in [0.29, 0.717) is 18.6 Å². The molecule has 2 saturated heterocycles. The van der Waals surface area contributed by atoms with Crippen LogP contribution in [0.3, 0.4) is 0 Å². The lowest BCUT2D eigenvalue weighted by molar-refractivity contribution is -0.650. The van der Waals surface area contributed by atoms with Crippen LogP contribution >= 0.6 is 0 Å².